The molecule has 0 radical (unpaired) electrons. The van der Waals surface area contributed by atoms with Crippen molar-refractivity contribution in [3.05, 3.63) is 99.0 Å². The second-order valence-corrected chi connectivity index (χ2v) is 7.69. The average Bonchev–Trinajstić information content (AvgIpc) is 3.20. The number of hydrogen-bond acceptors (Lipinski definition) is 6. The summed E-state index contributed by atoms with van der Waals surface area (Å²) in [5, 5.41) is 6.47. The Hall–Kier alpha value is -4.53. The van der Waals surface area contributed by atoms with Crippen LogP contribution in [-0.4, -0.2) is 29.9 Å². The molecule has 3 aromatic heterocycles. The molecule has 0 aliphatic heterocycles. The van der Waals surface area contributed by atoms with Crippen LogP contribution >= 0.6 is 0 Å². The van der Waals surface area contributed by atoms with E-state index in [4.69, 9.17) is 0 Å². The third-order valence-electron chi connectivity index (χ3n) is 5.64. The average molecular weight is 439 g/mol. The number of pyridine rings is 1. The van der Waals surface area contributed by atoms with E-state index in [0.29, 0.717) is 23.7 Å². The van der Waals surface area contributed by atoms with E-state index in [-0.39, 0.29) is 0 Å². The van der Waals surface area contributed by atoms with Gasteiger partial charge in [0.25, 0.3) is 5.56 Å². The summed E-state index contributed by atoms with van der Waals surface area (Å²) in [7, 11) is 3.07. The molecule has 164 valence electrons. The summed E-state index contributed by atoms with van der Waals surface area (Å²) < 4.78 is 4.23. The van der Waals surface area contributed by atoms with Crippen molar-refractivity contribution in [1.29, 1.82) is 0 Å². The maximum absolute atomic E-state index is 13.1. The fraction of sp³-hybridized carbons (Fsp3) is 0.125. The fourth-order valence-electron chi connectivity index (χ4n) is 3.90. The van der Waals surface area contributed by atoms with Crippen LogP contribution in [0.25, 0.3) is 21.9 Å². The highest BCUT2D eigenvalue weighted by Gasteiger charge is 2.19. The number of imidazole rings is 1. The van der Waals surface area contributed by atoms with Gasteiger partial charge in [-0.25, -0.2) is 10.2 Å². The van der Waals surface area contributed by atoms with E-state index in [2.05, 4.69) is 20.5 Å². The lowest BCUT2D eigenvalue weighted by atomic mass is 10.0. The van der Waals surface area contributed by atoms with Crippen LogP contribution in [0.2, 0.25) is 0 Å². The lowest BCUT2D eigenvalue weighted by Crippen LogP contribution is -2.37. The molecular formula is C24H21N7O2. The molecule has 0 atom stereocenters. The molecule has 0 amide bonds. The van der Waals surface area contributed by atoms with E-state index < -0.39 is 11.2 Å². The Morgan fingerprint density at radius 3 is 2.55 bits per heavy atom. The van der Waals surface area contributed by atoms with E-state index >= 15 is 0 Å². The maximum atomic E-state index is 13.1. The monoisotopic (exact) mass is 439 g/mol. The van der Waals surface area contributed by atoms with Gasteiger partial charge < -0.3 is 0 Å². The van der Waals surface area contributed by atoms with Crippen molar-refractivity contribution in [2.24, 2.45) is 19.2 Å². The second-order valence-electron chi connectivity index (χ2n) is 7.69. The fourth-order valence-corrected chi connectivity index (χ4v) is 3.90. The van der Waals surface area contributed by atoms with Crippen LogP contribution in [-0.2, 0) is 20.6 Å². The van der Waals surface area contributed by atoms with E-state index in [1.54, 1.807) is 30.2 Å². The Balaban J connectivity index is 1.67. The second kappa shape index (κ2) is 8.19. The summed E-state index contributed by atoms with van der Waals surface area (Å²) in [6.07, 6.45) is 4.99. The Labute approximate surface area is 188 Å². The molecule has 5 rings (SSSR count). The predicted molar refractivity (Wildman–Crippen MR) is 129 cm³/mol. The lowest BCUT2D eigenvalue weighted by molar-refractivity contribution is 0.703. The van der Waals surface area contributed by atoms with Crippen molar-refractivity contribution in [3.8, 4) is 0 Å². The third kappa shape index (κ3) is 3.59. The van der Waals surface area contributed by atoms with Gasteiger partial charge in [0, 0.05) is 26.5 Å². The highest BCUT2D eigenvalue weighted by molar-refractivity contribution is 5.86. The van der Waals surface area contributed by atoms with E-state index in [9.17, 15) is 9.59 Å². The maximum Gasteiger partial charge on any atom is 0.332 e. The van der Waals surface area contributed by atoms with E-state index in [1.807, 2.05) is 54.6 Å². The number of nitrogens with one attached hydrogen (secondary N) is 1. The van der Waals surface area contributed by atoms with Crippen LogP contribution in [0, 0.1) is 0 Å². The summed E-state index contributed by atoms with van der Waals surface area (Å²) in [5.74, 6) is 0.363. The standard InChI is InChI=1S/C24H21N7O2/c1-29-21-20(22(32)30(2)24(29)33)31(15-18-8-5-7-17-6-3-4-9-19(17)18)23(27-21)28-26-14-16-10-12-25-13-11-16/h3-14H,15H2,1-2H3,(H,27,28)/b26-14+. The SMILES string of the molecule is Cn1c(=O)c2c(nc(N/N=C/c3ccncc3)n2Cc2cccc3ccccc23)n(C)c1=O. The molecule has 0 fully saturated rings. The molecule has 0 aliphatic rings. The Kier molecular flexibility index (Phi) is 5.06. The first-order valence-corrected chi connectivity index (χ1v) is 10.4. The molecule has 0 bridgehead atoms. The molecular weight excluding hydrogens is 418 g/mol. The lowest BCUT2D eigenvalue weighted by Gasteiger charge is -2.11. The zero-order valence-corrected chi connectivity index (χ0v) is 18.1. The van der Waals surface area contributed by atoms with Gasteiger partial charge in [0.05, 0.1) is 12.8 Å². The number of rotatable bonds is 5. The van der Waals surface area contributed by atoms with Gasteiger partial charge in [-0.15, -0.1) is 0 Å². The summed E-state index contributed by atoms with van der Waals surface area (Å²) in [4.78, 5) is 34.1. The highest BCUT2D eigenvalue weighted by atomic mass is 16.2. The quantitative estimate of drug-likeness (QED) is 0.335. The first-order valence-electron chi connectivity index (χ1n) is 10.4. The van der Waals surface area contributed by atoms with E-state index in [1.165, 1.54) is 11.6 Å². The third-order valence-corrected chi connectivity index (χ3v) is 5.64. The minimum atomic E-state index is -0.436. The number of hydrazone groups is 1. The van der Waals surface area contributed by atoms with Crippen LogP contribution in [0.3, 0.4) is 0 Å². The van der Waals surface area contributed by atoms with Crippen LogP contribution in [0.4, 0.5) is 5.95 Å². The molecule has 2 aromatic carbocycles. The predicted octanol–water partition coefficient (Wildman–Crippen LogP) is 2.48. The Morgan fingerprint density at radius 2 is 1.73 bits per heavy atom. The zero-order chi connectivity index (χ0) is 22.9. The topological polar surface area (TPSA) is 99.1 Å². The highest BCUT2D eigenvalue weighted by Crippen LogP contribution is 2.23. The summed E-state index contributed by atoms with van der Waals surface area (Å²) in [6, 6.07) is 17.8. The molecule has 33 heavy (non-hydrogen) atoms. The van der Waals surface area contributed by atoms with Gasteiger partial charge in [-0.1, -0.05) is 42.5 Å². The first kappa shape index (κ1) is 20.4. The van der Waals surface area contributed by atoms with Gasteiger partial charge >= 0.3 is 5.69 Å². The van der Waals surface area contributed by atoms with Crippen molar-refractivity contribution in [3.63, 3.8) is 0 Å². The number of anilines is 1. The van der Waals surface area contributed by atoms with Gasteiger partial charge in [-0.2, -0.15) is 10.1 Å². The Bertz CT molecular complexity index is 1620. The number of benzene rings is 2. The van der Waals surface area contributed by atoms with Crippen molar-refractivity contribution in [2.75, 3.05) is 5.43 Å². The van der Waals surface area contributed by atoms with Crippen molar-refractivity contribution >= 4 is 34.1 Å². The van der Waals surface area contributed by atoms with Crippen LogP contribution in [0.1, 0.15) is 11.1 Å². The zero-order valence-electron chi connectivity index (χ0n) is 18.1. The number of aromatic nitrogens is 5. The number of hydrogen-bond donors (Lipinski definition) is 1. The van der Waals surface area contributed by atoms with Gasteiger partial charge in [0.15, 0.2) is 11.2 Å². The minimum Gasteiger partial charge on any atom is -0.298 e. The molecule has 0 unspecified atom stereocenters. The van der Waals surface area contributed by atoms with Crippen molar-refractivity contribution in [1.82, 2.24) is 23.7 Å². The first-order chi connectivity index (χ1) is 16.0. The molecule has 3 heterocycles. The molecule has 0 saturated heterocycles. The van der Waals surface area contributed by atoms with Gasteiger partial charge in [0.1, 0.15) is 0 Å². The van der Waals surface area contributed by atoms with Crippen molar-refractivity contribution in [2.45, 2.75) is 6.54 Å². The Morgan fingerprint density at radius 1 is 0.970 bits per heavy atom. The molecule has 0 saturated carbocycles. The minimum absolute atomic E-state index is 0.296. The summed E-state index contributed by atoms with van der Waals surface area (Å²) in [5.41, 5.74) is 4.61. The molecule has 1 N–H and O–H groups in total. The molecule has 9 nitrogen and oxygen atoms in total. The van der Waals surface area contributed by atoms with Crippen molar-refractivity contribution < 1.29 is 0 Å². The van der Waals surface area contributed by atoms with Crippen LogP contribution in [0.5, 0.6) is 0 Å². The number of aryl methyl sites for hydroxylation is 1. The van der Waals surface area contributed by atoms with E-state index in [0.717, 1.165) is 26.5 Å². The molecule has 0 aliphatic carbocycles. The molecule has 0 spiro atoms. The van der Waals surface area contributed by atoms with Crippen LogP contribution < -0.4 is 16.7 Å². The summed E-state index contributed by atoms with van der Waals surface area (Å²) >= 11 is 0. The van der Waals surface area contributed by atoms with Gasteiger partial charge in [-0.05, 0) is 34.0 Å². The largest absolute Gasteiger partial charge is 0.332 e. The smallest absolute Gasteiger partial charge is 0.298 e. The molecule has 9 heteroatoms. The summed E-state index contributed by atoms with van der Waals surface area (Å²) in [6.45, 7) is 0.373. The molecule has 5 aromatic rings. The van der Waals surface area contributed by atoms with Gasteiger partial charge in [0.2, 0.25) is 5.95 Å². The van der Waals surface area contributed by atoms with Gasteiger partial charge in [-0.3, -0.25) is 23.5 Å². The number of fused-ring (bicyclic) bond motifs is 2. The normalized spacial score (nSPS) is 11.6. The van der Waals surface area contributed by atoms with Crippen LogP contribution in [0.15, 0.2) is 81.7 Å². The number of nitrogens with zero attached hydrogens (tertiary/aromatic N) is 6.